The first-order valence-electron chi connectivity index (χ1n) is 4.07. The fourth-order valence-corrected chi connectivity index (χ4v) is 1.99. The summed E-state index contributed by atoms with van der Waals surface area (Å²) in [4.78, 5) is 14.6. The zero-order valence-electron chi connectivity index (χ0n) is 7.92. The molecule has 0 radical (unpaired) electrons. The minimum atomic E-state index is -0.934. The largest absolute Gasteiger partial charge is 0.290 e. The van der Waals surface area contributed by atoms with Crippen molar-refractivity contribution in [1.82, 2.24) is 4.98 Å². The number of carbonyl (C=O) groups is 1. The maximum atomic E-state index is 10.7. The monoisotopic (exact) mass is 241 g/mol. The number of carbonyl (C=O) groups excluding carboxylic acids is 1. The van der Waals surface area contributed by atoms with Gasteiger partial charge in [0.15, 0.2) is 5.62 Å². The van der Waals surface area contributed by atoms with Crippen LogP contribution in [0.25, 0.3) is 0 Å². The zero-order chi connectivity index (χ0) is 11.3. The minimum absolute atomic E-state index is 0.146. The molecule has 78 valence electrons. The summed E-state index contributed by atoms with van der Waals surface area (Å²) >= 11 is 5.64. The summed E-state index contributed by atoms with van der Waals surface area (Å²) in [6.07, 6.45) is 3.23. The topological polar surface area (TPSA) is 66.1 Å². The number of aromatic nitrogens is 1. The summed E-state index contributed by atoms with van der Waals surface area (Å²) in [5.41, 5.74) is 1.52. The lowest BCUT2D eigenvalue weighted by atomic mass is 10.2. The van der Waals surface area contributed by atoms with Gasteiger partial charge in [0.05, 0.1) is 0 Å². The molecule has 6 heteroatoms. The number of hydrogen-bond donors (Lipinski definition) is 0. The van der Waals surface area contributed by atoms with E-state index >= 15 is 0 Å². The first-order valence-corrected chi connectivity index (χ1v) is 5.76. The van der Waals surface area contributed by atoms with Gasteiger partial charge in [0.2, 0.25) is 6.19 Å². The van der Waals surface area contributed by atoms with Crippen molar-refractivity contribution in [3.05, 3.63) is 29.0 Å². The molecule has 0 aliphatic heterocycles. The number of pyridine rings is 1. The predicted octanol–water partition coefficient (Wildman–Crippen LogP) is 2.27. The normalized spacial score (nSPS) is 14.2. The van der Waals surface area contributed by atoms with Crippen molar-refractivity contribution in [3.8, 4) is 6.19 Å². The molecule has 15 heavy (non-hydrogen) atoms. The highest BCUT2D eigenvalue weighted by molar-refractivity contribution is 8.00. The maximum absolute atomic E-state index is 10.7. The van der Waals surface area contributed by atoms with Gasteiger partial charge < -0.3 is 0 Å². The highest BCUT2D eigenvalue weighted by Crippen LogP contribution is 2.20. The van der Waals surface area contributed by atoms with Gasteiger partial charge in [-0.2, -0.15) is 5.26 Å². The number of nitrogens with zero attached hydrogens (tertiary/aromatic N) is 3. The number of nitriles is 1. The lowest BCUT2D eigenvalue weighted by Crippen LogP contribution is -2.03. The molecular formula is C9H8ClN3OS. The molecule has 1 heterocycles. The summed E-state index contributed by atoms with van der Waals surface area (Å²) in [6.45, 7) is 1.82. The average Bonchev–Trinajstić information content (AvgIpc) is 2.26. The van der Waals surface area contributed by atoms with Gasteiger partial charge in [-0.05, 0) is 29.2 Å². The fourth-order valence-electron chi connectivity index (χ4n) is 0.998. The standard InChI is InChI=1S/C9H8ClN3OS/c1-7(15(6-14)13-5-11)8-2-3-9(10)12-4-8/h2-4,6-7H,1H3/t7-,15?/m1/s1. The van der Waals surface area contributed by atoms with E-state index in [-0.39, 0.29) is 5.25 Å². The van der Waals surface area contributed by atoms with Gasteiger partial charge in [-0.15, -0.1) is 4.36 Å². The summed E-state index contributed by atoms with van der Waals surface area (Å²) in [6, 6.07) is 3.42. The van der Waals surface area contributed by atoms with Crippen molar-refractivity contribution in [2.24, 2.45) is 4.36 Å². The molecule has 1 unspecified atom stereocenters. The molecule has 0 fully saturated rings. The maximum Gasteiger partial charge on any atom is 0.212 e. The van der Waals surface area contributed by atoms with Crippen LogP contribution in [0.5, 0.6) is 0 Å². The Balaban J connectivity index is 2.99. The van der Waals surface area contributed by atoms with Crippen LogP contribution in [0, 0.1) is 11.5 Å². The van der Waals surface area contributed by atoms with E-state index in [0.717, 1.165) is 5.56 Å². The molecule has 0 N–H and O–H groups in total. The van der Waals surface area contributed by atoms with Crippen molar-refractivity contribution in [3.63, 3.8) is 0 Å². The zero-order valence-corrected chi connectivity index (χ0v) is 9.50. The molecule has 0 amide bonds. The highest BCUT2D eigenvalue weighted by Gasteiger charge is 2.11. The van der Waals surface area contributed by atoms with Crippen LogP contribution >= 0.6 is 11.6 Å². The molecule has 2 atom stereocenters. The third-order valence-electron chi connectivity index (χ3n) is 1.83. The molecule has 1 aromatic heterocycles. The van der Waals surface area contributed by atoms with Crippen LogP contribution < -0.4 is 0 Å². The molecule has 1 aromatic rings. The van der Waals surface area contributed by atoms with Gasteiger partial charge >= 0.3 is 0 Å². The molecule has 0 saturated heterocycles. The third-order valence-corrected chi connectivity index (χ3v) is 3.54. The van der Waals surface area contributed by atoms with Crippen LogP contribution in [0.15, 0.2) is 22.7 Å². The number of hydrogen-bond acceptors (Lipinski definition) is 4. The van der Waals surface area contributed by atoms with Crippen LogP contribution in [-0.2, 0) is 15.5 Å². The van der Waals surface area contributed by atoms with Gasteiger partial charge in [-0.3, -0.25) is 4.79 Å². The second-order valence-corrected chi connectivity index (χ2v) is 4.85. The molecule has 0 aliphatic carbocycles. The fraction of sp³-hybridized carbons (Fsp3) is 0.222. The number of halogens is 1. The van der Waals surface area contributed by atoms with Crippen LogP contribution in [0.4, 0.5) is 0 Å². The van der Waals surface area contributed by atoms with E-state index < -0.39 is 10.7 Å². The third kappa shape index (κ3) is 3.11. The second-order valence-electron chi connectivity index (χ2n) is 2.69. The van der Waals surface area contributed by atoms with Gasteiger partial charge in [-0.1, -0.05) is 17.7 Å². The molecule has 1 rings (SSSR count). The number of rotatable bonds is 3. The van der Waals surface area contributed by atoms with Gasteiger partial charge in [0.25, 0.3) is 0 Å². The quantitative estimate of drug-likeness (QED) is 0.463. The smallest absolute Gasteiger partial charge is 0.212 e. The first kappa shape index (κ1) is 11.8. The van der Waals surface area contributed by atoms with Crippen molar-refractivity contribution < 1.29 is 4.79 Å². The van der Waals surface area contributed by atoms with Crippen LogP contribution in [0.3, 0.4) is 0 Å². The average molecular weight is 242 g/mol. The Morgan fingerprint density at radius 2 is 2.47 bits per heavy atom. The van der Waals surface area contributed by atoms with Gasteiger partial charge in [-0.25, -0.2) is 4.98 Å². The Morgan fingerprint density at radius 1 is 1.73 bits per heavy atom. The first-order chi connectivity index (χ1) is 7.19. The van der Waals surface area contributed by atoms with E-state index in [9.17, 15) is 4.79 Å². The summed E-state index contributed by atoms with van der Waals surface area (Å²) in [5, 5.41) is 8.65. The molecule has 0 bridgehead atoms. The minimum Gasteiger partial charge on any atom is -0.290 e. The second kappa shape index (κ2) is 5.59. The summed E-state index contributed by atoms with van der Waals surface area (Å²) < 4.78 is 3.55. The van der Waals surface area contributed by atoms with Crippen molar-refractivity contribution in [2.75, 3.05) is 0 Å². The van der Waals surface area contributed by atoms with Gasteiger partial charge in [0.1, 0.15) is 5.15 Å². The molecular weight excluding hydrogens is 234 g/mol. The Kier molecular flexibility index (Phi) is 4.40. The van der Waals surface area contributed by atoms with Crippen LogP contribution in [0.2, 0.25) is 5.15 Å². The Hall–Kier alpha value is -1.25. The molecule has 0 saturated carbocycles. The lowest BCUT2D eigenvalue weighted by molar-refractivity contribution is 0.569. The van der Waals surface area contributed by atoms with E-state index in [1.807, 2.05) is 6.92 Å². The van der Waals surface area contributed by atoms with E-state index in [0.29, 0.717) is 10.8 Å². The Morgan fingerprint density at radius 3 is 2.93 bits per heavy atom. The van der Waals surface area contributed by atoms with E-state index in [4.69, 9.17) is 16.9 Å². The SMILES string of the molecule is C[C@H](c1ccc(Cl)nc1)S(C=O)=NC#N. The lowest BCUT2D eigenvalue weighted by Gasteiger charge is -2.09. The highest BCUT2D eigenvalue weighted by atomic mass is 35.5. The summed E-state index contributed by atoms with van der Waals surface area (Å²) in [7, 11) is -0.934. The van der Waals surface area contributed by atoms with Crippen LogP contribution in [-0.4, -0.2) is 10.6 Å². The van der Waals surface area contributed by atoms with Crippen molar-refractivity contribution in [2.45, 2.75) is 12.2 Å². The van der Waals surface area contributed by atoms with Crippen LogP contribution in [0.1, 0.15) is 17.7 Å². The Bertz CT molecular complexity index is 424. The molecule has 0 spiro atoms. The summed E-state index contributed by atoms with van der Waals surface area (Å²) in [5.74, 6) is 0. The van der Waals surface area contributed by atoms with E-state index in [1.165, 1.54) is 0 Å². The van der Waals surface area contributed by atoms with E-state index in [1.54, 1.807) is 24.5 Å². The van der Waals surface area contributed by atoms with Gasteiger partial charge in [0, 0.05) is 11.4 Å². The predicted molar refractivity (Wildman–Crippen MR) is 59.8 cm³/mol. The van der Waals surface area contributed by atoms with E-state index in [2.05, 4.69) is 9.35 Å². The van der Waals surface area contributed by atoms with Crippen molar-refractivity contribution >= 4 is 27.9 Å². The Labute approximate surface area is 95.0 Å². The molecule has 0 aromatic carbocycles. The molecule has 4 nitrogen and oxygen atoms in total. The molecule has 0 aliphatic rings. The van der Waals surface area contributed by atoms with Crippen molar-refractivity contribution in [1.29, 1.82) is 5.26 Å².